The Labute approximate surface area is 353 Å². The molecule has 4 unspecified atom stereocenters. The molecule has 3 aliphatic carbocycles. The maximum Gasteiger partial charge on any atom is 0.418 e. The van der Waals surface area contributed by atoms with Crippen molar-refractivity contribution in [2.24, 2.45) is 23.7 Å². The van der Waals surface area contributed by atoms with Crippen molar-refractivity contribution in [1.29, 1.82) is 0 Å². The van der Waals surface area contributed by atoms with Crippen LogP contribution in [0.1, 0.15) is 80.1 Å². The molecular weight excluding hydrogens is 784 g/mol. The van der Waals surface area contributed by atoms with E-state index in [0.29, 0.717) is 0 Å². The van der Waals surface area contributed by atoms with E-state index in [4.69, 9.17) is 28.4 Å². The van der Waals surface area contributed by atoms with Gasteiger partial charge in [-0.25, -0.2) is 48.2 Å². The van der Waals surface area contributed by atoms with Gasteiger partial charge in [-0.3, -0.25) is 0 Å². The van der Waals surface area contributed by atoms with Gasteiger partial charge in [-0.05, 0) is 97.3 Å². The first-order valence-electron chi connectivity index (χ1n) is 20.1. The number of carbonyl (C=O) groups is 8. The van der Waals surface area contributed by atoms with Gasteiger partial charge in [0.2, 0.25) is 0 Å². The summed E-state index contributed by atoms with van der Waals surface area (Å²) in [4.78, 5) is 93.6. The Morgan fingerprint density at radius 1 is 0.483 bits per heavy atom. The second-order valence-electron chi connectivity index (χ2n) is 14.4. The summed E-state index contributed by atoms with van der Waals surface area (Å²) in [6.45, 7) is 22.2. The zero-order valence-electron chi connectivity index (χ0n) is 36.1. The first kappa shape index (κ1) is 52.3. The number of ether oxygens (including phenoxy) is 6. The number of imide groups is 2. The van der Waals surface area contributed by atoms with Crippen LogP contribution in [0.4, 0.5) is 19.2 Å². The fourth-order valence-electron chi connectivity index (χ4n) is 6.70. The molecule has 3 fully saturated rings. The van der Waals surface area contributed by atoms with Gasteiger partial charge >= 0.3 is 48.1 Å². The summed E-state index contributed by atoms with van der Waals surface area (Å²) in [6, 6.07) is -1.39. The van der Waals surface area contributed by atoms with Crippen LogP contribution in [0.5, 0.6) is 0 Å². The van der Waals surface area contributed by atoms with E-state index in [1.807, 2.05) is 0 Å². The standard InChI is InChI=1S/2C16H24N2O7.C10H16/c2*1-6-18(15(21)17-7-8-23-13(19)11(2)3)16(22)25-10-9-24-14(20)12(4)5;1-2-9-7-4-5-8(6-7)10(9)3-1/h2*2,4,6-10H2,1,3,5H3,(H,17,21);7-10H,1-6H2. The van der Waals surface area contributed by atoms with Crippen LogP contribution in [-0.2, 0) is 47.6 Å². The molecule has 2 bridgehead atoms. The second kappa shape index (κ2) is 27.9. The van der Waals surface area contributed by atoms with Crippen molar-refractivity contribution in [1.82, 2.24) is 20.4 Å². The van der Waals surface area contributed by atoms with Gasteiger partial charge in [0, 0.05) is 35.4 Å². The molecule has 0 spiro atoms. The summed E-state index contributed by atoms with van der Waals surface area (Å²) in [5, 5.41) is 4.83. The Hall–Kier alpha value is -5.68. The van der Waals surface area contributed by atoms with Crippen molar-refractivity contribution in [3.05, 3.63) is 48.6 Å². The lowest BCUT2D eigenvalue weighted by Gasteiger charge is -2.23. The van der Waals surface area contributed by atoms with Crippen molar-refractivity contribution in [3.63, 3.8) is 0 Å². The largest absolute Gasteiger partial charge is 0.460 e. The Kier molecular flexibility index (Phi) is 24.3. The van der Waals surface area contributed by atoms with Crippen molar-refractivity contribution in [2.45, 2.75) is 80.1 Å². The minimum Gasteiger partial charge on any atom is -0.460 e. The molecule has 3 rings (SSSR count). The van der Waals surface area contributed by atoms with Gasteiger partial charge in [0.05, 0.1) is 13.1 Å². The quantitative estimate of drug-likeness (QED) is 0.0740. The van der Waals surface area contributed by atoms with E-state index < -0.39 is 48.1 Å². The lowest BCUT2D eigenvalue weighted by atomic mass is 9.82. The predicted octanol–water partition coefficient (Wildman–Crippen LogP) is 5.62. The van der Waals surface area contributed by atoms with Crippen LogP contribution >= 0.6 is 0 Å². The molecule has 60 heavy (non-hydrogen) atoms. The lowest BCUT2D eigenvalue weighted by molar-refractivity contribution is -0.140. The molecule has 6 amide bonds. The molecule has 0 aliphatic heterocycles. The van der Waals surface area contributed by atoms with Gasteiger partial charge in [0.25, 0.3) is 0 Å². The van der Waals surface area contributed by atoms with Gasteiger partial charge in [-0.15, -0.1) is 0 Å². The zero-order chi connectivity index (χ0) is 45.4. The van der Waals surface area contributed by atoms with Crippen LogP contribution < -0.4 is 10.6 Å². The Bertz CT molecular complexity index is 1370. The topological polar surface area (TPSA) is 222 Å². The Morgan fingerprint density at radius 2 is 0.783 bits per heavy atom. The van der Waals surface area contributed by atoms with Crippen LogP contribution in [0.25, 0.3) is 0 Å². The molecule has 0 aromatic heterocycles. The average molecular weight is 849 g/mol. The molecule has 3 aliphatic rings. The number of nitrogens with zero attached hydrogens (tertiary/aromatic N) is 2. The highest BCUT2D eigenvalue weighted by atomic mass is 16.6. The summed E-state index contributed by atoms with van der Waals surface area (Å²) < 4.78 is 28.8. The zero-order valence-corrected chi connectivity index (χ0v) is 36.1. The number of hydrogen-bond donors (Lipinski definition) is 2. The van der Waals surface area contributed by atoms with Crippen LogP contribution in [0.2, 0.25) is 0 Å². The third-order valence-corrected chi connectivity index (χ3v) is 9.61. The van der Waals surface area contributed by atoms with E-state index in [2.05, 4.69) is 36.9 Å². The van der Waals surface area contributed by atoms with Crippen LogP contribution in [0.15, 0.2) is 48.6 Å². The van der Waals surface area contributed by atoms with E-state index in [9.17, 15) is 38.4 Å². The number of urea groups is 2. The summed E-state index contributed by atoms with van der Waals surface area (Å²) in [5.74, 6) is 2.49. The Balaban J connectivity index is 0.000000483. The number of carbonyl (C=O) groups excluding carboxylic acids is 8. The molecule has 18 heteroatoms. The number of amides is 6. The number of esters is 4. The molecule has 2 N–H and O–H groups in total. The predicted molar refractivity (Wildman–Crippen MR) is 219 cm³/mol. The molecule has 3 saturated carbocycles. The monoisotopic (exact) mass is 848 g/mol. The minimum absolute atomic E-state index is 0.0257. The SMILES string of the molecule is C1CC2C3CCC(C3)C2C1.C=C(C)C(=O)OCCNC(=O)N(CC)C(=O)OCCOC(=O)C(=C)C.C=C(C)C(=O)OCCNC(=O)N(CC)C(=O)OCCOC(=O)C(=C)C. The van der Waals surface area contributed by atoms with Crippen molar-refractivity contribution < 1.29 is 66.8 Å². The second-order valence-corrected chi connectivity index (χ2v) is 14.4. The van der Waals surface area contributed by atoms with E-state index in [1.165, 1.54) is 51.4 Å². The molecule has 0 saturated heterocycles. The summed E-state index contributed by atoms with van der Waals surface area (Å²) >= 11 is 0. The first-order valence-corrected chi connectivity index (χ1v) is 20.1. The minimum atomic E-state index is -0.884. The first-order chi connectivity index (χ1) is 28.4. The fourth-order valence-corrected chi connectivity index (χ4v) is 6.70. The maximum atomic E-state index is 11.9. The summed E-state index contributed by atoms with van der Waals surface area (Å²) in [5.41, 5.74) is 0.955. The van der Waals surface area contributed by atoms with Crippen molar-refractivity contribution >= 4 is 48.1 Å². The highest BCUT2D eigenvalue weighted by Gasteiger charge is 2.48. The lowest BCUT2D eigenvalue weighted by Crippen LogP contribution is -2.45. The van der Waals surface area contributed by atoms with E-state index in [-0.39, 0.29) is 88.1 Å². The normalized spacial score (nSPS) is 17.6. The molecule has 4 atom stereocenters. The van der Waals surface area contributed by atoms with E-state index >= 15 is 0 Å². The van der Waals surface area contributed by atoms with E-state index in [0.717, 1.165) is 9.80 Å². The smallest absolute Gasteiger partial charge is 0.418 e. The third kappa shape index (κ3) is 18.9. The van der Waals surface area contributed by atoms with Crippen molar-refractivity contribution in [2.75, 3.05) is 65.8 Å². The van der Waals surface area contributed by atoms with E-state index in [1.54, 1.807) is 52.4 Å². The van der Waals surface area contributed by atoms with Crippen molar-refractivity contribution in [3.8, 4) is 0 Å². The number of hydrogen-bond acceptors (Lipinski definition) is 14. The van der Waals surface area contributed by atoms with Gasteiger partial charge in [-0.2, -0.15) is 0 Å². The molecule has 336 valence electrons. The van der Waals surface area contributed by atoms with Gasteiger partial charge in [-0.1, -0.05) is 32.7 Å². The van der Waals surface area contributed by atoms with Gasteiger partial charge in [0.1, 0.15) is 39.6 Å². The Morgan fingerprint density at radius 3 is 1.08 bits per heavy atom. The fraction of sp³-hybridized carbons (Fsp3) is 0.619. The molecular formula is C42H64N4O14. The van der Waals surface area contributed by atoms with Gasteiger partial charge in [0.15, 0.2) is 0 Å². The average Bonchev–Trinajstić information content (AvgIpc) is 3.96. The van der Waals surface area contributed by atoms with Crippen LogP contribution in [-0.4, -0.2) is 124 Å². The molecule has 0 aromatic carbocycles. The molecule has 0 aromatic rings. The maximum absolute atomic E-state index is 11.9. The number of nitrogens with one attached hydrogen (secondary N) is 2. The molecule has 0 heterocycles. The molecule has 18 nitrogen and oxygen atoms in total. The summed E-state index contributed by atoms with van der Waals surface area (Å²) in [7, 11) is 0. The third-order valence-electron chi connectivity index (χ3n) is 9.61. The van der Waals surface area contributed by atoms with Crippen LogP contribution in [0.3, 0.4) is 0 Å². The summed E-state index contributed by atoms with van der Waals surface area (Å²) in [6.07, 6.45) is 7.77. The van der Waals surface area contributed by atoms with Gasteiger partial charge < -0.3 is 39.1 Å². The number of rotatable bonds is 18. The molecule has 0 radical (unpaired) electrons. The highest BCUT2D eigenvalue weighted by Crippen LogP contribution is 2.58. The van der Waals surface area contributed by atoms with Crippen LogP contribution in [0, 0.1) is 23.7 Å². The number of fused-ring (bicyclic) bond motifs is 5. The highest BCUT2D eigenvalue weighted by molar-refractivity contribution is 5.92.